The first-order valence-electron chi connectivity index (χ1n) is 9.67. The predicted octanol–water partition coefficient (Wildman–Crippen LogP) is 4.39. The standard InChI is InChI=1S/C21H18F3N5O2/c1-12-5-6-13(17-27-19(31-28-17)20(7-8-20)21(22,23)24)10-14(12)26-18(30)15-11-25-16-4-2-3-9-29(15)16/h2-6,9-11,18,26,30H,7-8H2,1H3. The fourth-order valence-electron chi connectivity index (χ4n) is 3.57. The molecule has 160 valence electrons. The van der Waals surface area contributed by atoms with Gasteiger partial charge in [0.2, 0.25) is 11.7 Å². The summed E-state index contributed by atoms with van der Waals surface area (Å²) in [6.07, 6.45) is -2.22. The molecule has 1 aliphatic rings. The molecule has 31 heavy (non-hydrogen) atoms. The van der Waals surface area contributed by atoms with Crippen molar-refractivity contribution >= 4 is 11.3 Å². The van der Waals surface area contributed by atoms with E-state index in [1.807, 2.05) is 25.1 Å². The third kappa shape index (κ3) is 3.23. The SMILES string of the molecule is Cc1ccc(-c2noc(C3(C(F)(F)F)CC3)n2)cc1NC(O)c1cnc2ccccn12. The number of nitrogens with one attached hydrogen (secondary N) is 1. The van der Waals surface area contributed by atoms with Crippen LogP contribution in [0.15, 0.2) is 53.3 Å². The van der Waals surface area contributed by atoms with Crippen LogP contribution in [0.4, 0.5) is 18.9 Å². The first kappa shape index (κ1) is 19.6. The number of anilines is 1. The highest BCUT2D eigenvalue weighted by Crippen LogP contribution is 2.58. The number of halogens is 3. The van der Waals surface area contributed by atoms with Crippen LogP contribution in [0.3, 0.4) is 0 Å². The highest BCUT2D eigenvalue weighted by molar-refractivity contribution is 5.65. The van der Waals surface area contributed by atoms with Crippen LogP contribution in [0, 0.1) is 6.92 Å². The van der Waals surface area contributed by atoms with Gasteiger partial charge in [0.25, 0.3) is 0 Å². The number of fused-ring (bicyclic) bond motifs is 1. The minimum atomic E-state index is -4.42. The van der Waals surface area contributed by atoms with Crippen molar-refractivity contribution in [2.24, 2.45) is 0 Å². The van der Waals surface area contributed by atoms with Crippen molar-refractivity contribution in [3.63, 3.8) is 0 Å². The second-order valence-electron chi connectivity index (χ2n) is 7.69. The molecule has 0 spiro atoms. The van der Waals surface area contributed by atoms with Crippen LogP contribution in [0.5, 0.6) is 0 Å². The van der Waals surface area contributed by atoms with Gasteiger partial charge in [0.1, 0.15) is 11.1 Å². The Balaban J connectivity index is 1.43. The molecular formula is C21H18F3N5O2. The Morgan fingerprint density at radius 2 is 2.03 bits per heavy atom. The van der Waals surface area contributed by atoms with E-state index in [0.717, 1.165) is 5.56 Å². The summed E-state index contributed by atoms with van der Waals surface area (Å²) >= 11 is 0. The van der Waals surface area contributed by atoms with Crippen LogP contribution in [-0.4, -0.2) is 30.8 Å². The number of hydrogen-bond donors (Lipinski definition) is 2. The zero-order valence-electron chi connectivity index (χ0n) is 16.4. The molecule has 3 aromatic heterocycles. The Hall–Kier alpha value is -3.40. The van der Waals surface area contributed by atoms with E-state index in [4.69, 9.17) is 4.52 Å². The number of aromatic nitrogens is 4. The zero-order valence-corrected chi connectivity index (χ0v) is 16.4. The molecule has 1 unspecified atom stereocenters. The second-order valence-corrected chi connectivity index (χ2v) is 7.69. The summed E-state index contributed by atoms with van der Waals surface area (Å²) in [6.45, 7) is 1.85. The quantitative estimate of drug-likeness (QED) is 0.458. The van der Waals surface area contributed by atoms with Gasteiger partial charge in [-0.05, 0) is 43.5 Å². The summed E-state index contributed by atoms with van der Waals surface area (Å²) in [5, 5.41) is 17.5. The summed E-state index contributed by atoms with van der Waals surface area (Å²) in [4.78, 5) is 8.28. The number of hydrogen-bond acceptors (Lipinski definition) is 6. The lowest BCUT2D eigenvalue weighted by Gasteiger charge is -2.16. The molecule has 1 aliphatic carbocycles. The number of imidazole rings is 1. The highest BCUT2D eigenvalue weighted by Gasteiger charge is 2.68. The van der Waals surface area contributed by atoms with E-state index in [1.165, 1.54) is 0 Å². The minimum Gasteiger partial charge on any atom is -0.368 e. The fourth-order valence-corrected chi connectivity index (χ4v) is 3.57. The van der Waals surface area contributed by atoms with Gasteiger partial charge in [-0.1, -0.05) is 23.4 Å². The Labute approximate surface area is 174 Å². The topological polar surface area (TPSA) is 88.5 Å². The molecule has 1 fully saturated rings. The lowest BCUT2D eigenvalue weighted by Crippen LogP contribution is -2.28. The average molecular weight is 429 g/mol. The van der Waals surface area contributed by atoms with Gasteiger partial charge in [-0.3, -0.25) is 4.40 Å². The van der Waals surface area contributed by atoms with Crippen molar-refractivity contribution in [2.75, 3.05) is 5.32 Å². The van der Waals surface area contributed by atoms with Gasteiger partial charge >= 0.3 is 6.18 Å². The van der Waals surface area contributed by atoms with Crippen molar-refractivity contribution < 1.29 is 22.8 Å². The Kier molecular flexibility index (Phi) is 4.30. The third-order valence-electron chi connectivity index (χ3n) is 5.64. The number of aliphatic hydroxyl groups excluding tert-OH is 1. The lowest BCUT2D eigenvalue weighted by molar-refractivity contribution is -0.166. The maximum atomic E-state index is 13.3. The maximum Gasteiger partial charge on any atom is 0.403 e. The molecule has 0 aliphatic heterocycles. The zero-order chi connectivity index (χ0) is 21.8. The summed E-state index contributed by atoms with van der Waals surface area (Å²) < 4.78 is 46.7. The lowest BCUT2D eigenvalue weighted by atomic mass is 10.1. The molecule has 0 amide bonds. The smallest absolute Gasteiger partial charge is 0.368 e. The van der Waals surface area contributed by atoms with Crippen LogP contribution in [-0.2, 0) is 5.41 Å². The molecule has 3 heterocycles. The molecular weight excluding hydrogens is 411 g/mol. The first-order chi connectivity index (χ1) is 14.8. The van der Waals surface area contributed by atoms with E-state index in [-0.39, 0.29) is 18.7 Å². The van der Waals surface area contributed by atoms with Gasteiger partial charge < -0.3 is 14.9 Å². The number of rotatable bonds is 5. The summed E-state index contributed by atoms with van der Waals surface area (Å²) in [6, 6.07) is 10.6. The van der Waals surface area contributed by atoms with E-state index in [2.05, 4.69) is 20.4 Å². The Morgan fingerprint density at radius 1 is 1.23 bits per heavy atom. The normalized spacial score (nSPS) is 16.4. The molecule has 1 aromatic carbocycles. The van der Waals surface area contributed by atoms with E-state index >= 15 is 0 Å². The van der Waals surface area contributed by atoms with Gasteiger partial charge in [0.15, 0.2) is 6.23 Å². The molecule has 4 aromatic rings. The van der Waals surface area contributed by atoms with Crippen molar-refractivity contribution in [1.82, 2.24) is 19.5 Å². The van der Waals surface area contributed by atoms with E-state index in [9.17, 15) is 18.3 Å². The van der Waals surface area contributed by atoms with Gasteiger partial charge in [-0.25, -0.2) is 4.98 Å². The van der Waals surface area contributed by atoms with Gasteiger partial charge in [0, 0.05) is 17.4 Å². The van der Waals surface area contributed by atoms with Gasteiger partial charge in [0.05, 0.1) is 11.9 Å². The van der Waals surface area contributed by atoms with E-state index in [0.29, 0.717) is 22.6 Å². The fraction of sp³-hybridized carbons (Fsp3) is 0.286. The maximum absolute atomic E-state index is 13.3. The van der Waals surface area contributed by atoms with Crippen molar-refractivity contribution in [1.29, 1.82) is 0 Å². The molecule has 1 saturated carbocycles. The van der Waals surface area contributed by atoms with Crippen LogP contribution in [0.1, 0.15) is 36.2 Å². The van der Waals surface area contributed by atoms with Gasteiger partial charge in [-0.15, -0.1) is 0 Å². The van der Waals surface area contributed by atoms with Crippen LogP contribution in [0.2, 0.25) is 0 Å². The average Bonchev–Trinajstić information content (AvgIpc) is 3.23. The van der Waals surface area contributed by atoms with Crippen molar-refractivity contribution in [2.45, 2.75) is 37.6 Å². The number of nitrogens with zero attached hydrogens (tertiary/aromatic N) is 4. The second kappa shape index (κ2) is 6.81. The molecule has 0 saturated heterocycles. The number of benzene rings is 1. The number of pyridine rings is 1. The van der Waals surface area contributed by atoms with Gasteiger partial charge in [-0.2, -0.15) is 18.2 Å². The van der Waals surface area contributed by atoms with Crippen LogP contribution in [0.25, 0.3) is 17.0 Å². The minimum absolute atomic E-state index is 0.0513. The number of aryl methyl sites for hydroxylation is 1. The summed E-state index contributed by atoms with van der Waals surface area (Å²) in [5.74, 6) is -0.339. The van der Waals surface area contributed by atoms with Crippen LogP contribution < -0.4 is 5.32 Å². The van der Waals surface area contributed by atoms with E-state index < -0.39 is 23.7 Å². The predicted molar refractivity (Wildman–Crippen MR) is 105 cm³/mol. The molecule has 0 radical (unpaired) electrons. The Bertz CT molecular complexity index is 1260. The highest BCUT2D eigenvalue weighted by atomic mass is 19.4. The molecule has 5 rings (SSSR count). The molecule has 7 nitrogen and oxygen atoms in total. The molecule has 2 N–H and O–H groups in total. The summed E-state index contributed by atoms with van der Waals surface area (Å²) in [7, 11) is 0. The van der Waals surface area contributed by atoms with Crippen molar-refractivity contribution in [3.05, 3.63) is 65.9 Å². The monoisotopic (exact) mass is 429 g/mol. The number of aliphatic hydroxyl groups is 1. The molecule has 10 heteroatoms. The van der Waals surface area contributed by atoms with Crippen LogP contribution >= 0.6 is 0 Å². The first-order valence-corrected chi connectivity index (χ1v) is 9.67. The molecule has 0 bridgehead atoms. The Morgan fingerprint density at radius 3 is 2.77 bits per heavy atom. The number of alkyl halides is 3. The third-order valence-corrected chi connectivity index (χ3v) is 5.64. The summed E-state index contributed by atoms with van der Waals surface area (Å²) in [5.41, 5.74) is 1.10. The van der Waals surface area contributed by atoms with Crippen molar-refractivity contribution in [3.8, 4) is 11.4 Å². The van der Waals surface area contributed by atoms with E-state index in [1.54, 1.807) is 35.0 Å². The largest absolute Gasteiger partial charge is 0.403 e. The molecule has 1 atom stereocenters.